The highest BCUT2D eigenvalue weighted by atomic mass is 14.6. The van der Waals surface area contributed by atoms with Crippen LogP contribution in [0, 0.1) is 28.6 Å². The summed E-state index contributed by atoms with van der Waals surface area (Å²) in [7, 11) is 0. The van der Waals surface area contributed by atoms with Gasteiger partial charge in [0.25, 0.3) is 0 Å². The molecule has 0 N–H and O–H groups in total. The average Bonchev–Trinajstić information content (AvgIpc) is 2.74. The van der Waals surface area contributed by atoms with Crippen molar-refractivity contribution in [2.75, 3.05) is 0 Å². The Hall–Kier alpha value is -0.520. The van der Waals surface area contributed by atoms with Crippen LogP contribution in [-0.4, -0.2) is 0 Å². The average molecular weight is 270 g/mol. The van der Waals surface area contributed by atoms with Gasteiger partial charge < -0.3 is 0 Å². The summed E-state index contributed by atoms with van der Waals surface area (Å²) < 4.78 is 0. The van der Waals surface area contributed by atoms with Crippen molar-refractivity contribution in [2.24, 2.45) is 28.6 Å². The van der Waals surface area contributed by atoms with Crippen molar-refractivity contribution < 1.29 is 0 Å². The Morgan fingerprint density at radius 1 is 1.00 bits per heavy atom. The molecule has 0 bridgehead atoms. The highest BCUT2D eigenvalue weighted by molar-refractivity contribution is 5.27. The standard InChI is InChI=1S/C20H30/c1-14-7-10-17-16-9-8-15-6-4-5-12-20(15,3)18(16)11-13-19(14,17)2/h8,16-18H,1,4-7,9-13H2,2-3H3/t16-,17-,18-,19+,20-/m0/s1. The topological polar surface area (TPSA) is 0 Å². The smallest absolute Gasteiger partial charge is 0.00853 e. The van der Waals surface area contributed by atoms with Gasteiger partial charge in [-0.25, -0.2) is 0 Å². The third-order valence-electron chi connectivity index (χ3n) is 7.97. The van der Waals surface area contributed by atoms with Gasteiger partial charge in [-0.3, -0.25) is 0 Å². The van der Waals surface area contributed by atoms with Crippen LogP contribution in [0.3, 0.4) is 0 Å². The predicted molar refractivity (Wildman–Crippen MR) is 85.5 cm³/mol. The van der Waals surface area contributed by atoms with E-state index in [1.165, 1.54) is 57.8 Å². The van der Waals surface area contributed by atoms with Crippen LogP contribution < -0.4 is 0 Å². The van der Waals surface area contributed by atoms with Crippen LogP contribution in [0.1, 0.15) is 71.6 Å². The van der Waals surface area contributed by atoms with Crippen LogP contribution in [0.2, 0.25) is 0 Å². The maximum absolute atomic E-state index is 4.43. The molecule has 110 valence electrons. The highest BCUT2D eigenvalue weighted by Gasteiger charge is 2.56. The molecule has 4 aliphatic rings. The van der Waals surface area contributed by atoms with Crippen molar-refractivity contribution in [3.8, 4) is 0 Å². The molecule has 0 spiro atoms. The summed E-state index contributed by atoms with van der Waals surface area (Å²) in [6.07, 6.45) is 15.4. The molecule has 0 unspecified atom stereocenters. The van der Waals surface area contributed by atoms with E-state index in [2.05, 4.69) is 26.5 Å². The molecular weight excluding hydrogens is 240 g/mol. The molecule has 0 heterocycles. The number of fused-ring (bicyclic) bond motifs is 5. The SMILES string of the molecule is C=C1CC[C@H]2[C@@H]3CC=C4CCCC[C@]4(C)[C@H]3CC[C@]12C. The largest absolute Gasteiger partial charge is 0.0993 e. The molecule has 0 aliphatic heterocycles. The normalized spacial score (nSPS) is 51.0. The van der Waals surface area contributed by atoms with Gasteiger partial charge in [-0.05, 0) is 80.0 Å². The quantitative estimate of drug-likeness (QED) is 0.481. The van der Waals surface area contributed by atoms with Crippen LogP contribution in [0.25, 0.3) is 0 Å². The Morgan fingerprint density at radius 3 is 2.65 bits per heavy atom. The lowest BCUT2D eigenvalue weighted by molar-refractivity contribution is -0.0134. The molecule has 0 saturated heterocycles. The Kier molecular flexibility index (Phi) is 2.79. The minimum absolute atomic E-state index is 0.484. The van der Waals surface area contributed by atoms with Crippen LogP contribution >= 0.6 is 0 Å². The Balaban J connectivity index is 1.71. The lowest BCUT2D eigenvalue weighted by Crippen LogP contribution is -2.48. The van der Waals surface area contributed by atoms with E-state index in [0.717, 1.165) is 17.8 Å². The number of rotatable bonds is 0. The molecule has 0 radical (unpaired) electrons. The second kappa shape index (κ2) is 4.24. The zero-order valence-electron chi connectivity index (χ0n) is 13.4. The molecule has 0 aromatic heterocycles. The van der Waals surface area contributed by atoms with Crippen LogP contribution in [0.4, 0.5) is 0 Å². The summed E-state index contributed by atoms with van der Waals surface area (Å²) in [5, 5.41) is 0. The second-order valence-corrected chi connectivity index (χ2v) is 8.56. The Labute approximate surface area is 124 Å². The van der Waals surface area contributed by atoms with Crippen molar-refractivity contribution in [1.82, 2.24) is 0 Å². The lowest BCUT2D eigenvalue weighted by atomic mass is 9.48. The Morgan fingerprint density at radius 2 is 1.80 bits per heavy atom. The summed E-state index contributed by atoms with van der Waals surface area (Å²) in [6, 6.07) is 0. The van der Waals surface area contributed by atoms with Gasteiger partial charge in [-0.2, -0.15) is 0 Å². The monoisotopic (exact) mass is 270 g/mol. The molecule has 3 saturated carbocycles. The third-order valence-corrected chi connectivity index (χ3v) is 7.97. The van der Waals surface area contributed by atoms with Crippen molar-refractivity contribution in [1.29, 1.82) is 0 Å². The number of hydrogen-bond donors (Lipinski definition) is 0. The molecule has 4 aliphatic carbocycles. The first-order valence-electron chi connectivity index (χ1n) is 8.93. The van der Waals surface area contributed by atoms with Gasteiger partial charge in [-0.15, -0.1) is 0 Å². The van der Waals surface area contributed by atoms with Crippen LogP contribution in [0.15, 0.2) is 23.8 Å². The summed E-state index contributed by atoms with van der Waals surface area (Å²) in [6.45, 7) is 9.58. The van der Waals surface area contributed by atoms with Crippen molar-refractivity contribution in [2.45, 2.75) is 71.6 Å². The summed E-state index contributed by atoms with van der Waals surface area (Å²) in [5.41, 5.74) is 4.46. The zero-order chi connectivity index (χ0) is 14.0. The van der Waals surface area contributed by atoms with Gasteiger partial charge in [0.2, 0.25) is 0 Å². The van der Waals surface area contributed by atoms with Crippen molar-refractivity contribution in [3.63, 3.8) is 0 Å². The maximum Gasteiger partial charge on any atom is -0.00853 e. The van der Waals surface area contributed by atoms with Gasteiger partial charge in [0.1, 0.15) is 0 Å². The lowest BCUT2D eigenvalue weighted by Gasteiger charge is -2.57. The van der Waals surface area contributed by atoms with Crippen molar-refractivity contribution in [3.05, 3.63) is 23.8 Å². The molecule has 0 heteroatoms. The van der Waals surface area contributed by atoms with Gasteiger partial charge in [0.05, 0.1) is 0 Å². The van der Waals surface area contributed by atoms with Crippen LogP contribution in [-0.2, 0) is 0 Å². The molecule has 0 aromatic carbocycles. The second-order valence-electron chi connectivity index (χ2n) is 8.56. The van der Waals surface area contributed by atoms with E-state index < -0.39 is 0 Å². The van der Waals surface area contributed by atoms with E-state index in [9.17, 15) is 0 Å². The maximum atomic E-state index is 4.43. The molecule has 3 fully saturated rings. The first-order chi connectivity index (χ1) is 9.56. The summed E-state index contributed by atoms with van der Waals surface area (Å²) in [5.74, 6) is 2.87. The van der Waals surface area contributed by atoms with Crippen LogP contribution in [0.5, 0.6) is 0 Å². The molecule has 0 nitrogen and oxygen atoms in total. The molecule has 5 atom stereocenters. The summed E-state index contributed by atoms with van der Waals surface area (Å²) >= 11 is 0. The Bertz CT molecular complexity index is 470. The molecular formula is C20H30. The molecule has 4 rings (SSSR count). The first kappa shape index (κ1) is 13.2. The van der Waals surface area contributed by atoms with E-state index in [1.807, 2.05) is 5.57 Å². The fourth-order valence-corrected chi connectivity index (χ4v) is 6.61. The van der Waals surface area contributed by atoms with Gasteiger partial charge in [0.15, 0.2) is 0 Å². The van der Waals surface area contributed by atoms with E-state index in [-0.39, 0.29) is 0 Å². The fourth-order valence-electron chi connectivity index (χ4n) is 6.61. The van der Waals surface area contributed by atoms with E-state index in [4.69, 9.17) is 0 Å². The van der Waals surface area contributed by atoms with E-state index >= 15 is 0 Å². The van der Waals surface area contributed by atoms with Gasteiger partial charge in [0, 0.05) is 0 Å². The number of hydrogen-bond acceptors (Lipinski definition) is 0. The van der Waals surface area contributed by atoms with Crippen molar-refractivity contribution >= 4 is 0 Å². The highest BCUT2D eigenvalue weighted by Crippen LogP contribution is 2.65. The number of allylic oxidation sites excluding steroid dienone is 3. The molecule has 0 amide bonds. The molecule has 20 heavy (non-hydrogen) atoms. The zero-order valence-corrected chi connectivity index (χ0v) is 13.4. The fraction of sp³-hybridized carbons (Fsp3) is 0.800. The summed E-state index contributed by atoms with van der Waals surface area (Å²) in [4.78, 5) is 0. The van der Waals surface area contributed by atoms with Gasteiger partial charge in [-0.1, -0.05) is 44.1 Å². The minimum atomic E-state index is 0.484. The van der Waals surface area contributed by atoms with E-state index in [0.29, 0.717) is 10.8 Å². The van der Waals surface area contributed by atoms with Gasteiger partial charge >= 0.3 is 0 Å². The third kappa shape index (κ3) is 1.54. The predicted octanol–water partition coefficient (Wildman–Crippen LogP) is 5.90. The first-order valence-corrected chi connectivity index (χ1v) is 8.93. The minimum Gasteiger partial charge on any atom is -0.0993 e. The van der Waals surface area contributed by atoms with E-state index in [1.54, 1.807) is 5.57 Å². The molecule has 0 aromatic rings.